The van der Waals surface area contributed by atoms with Crippen molar-refractivity contribution in [2.75, 3.05) is 19.6 Å². The Kier molecular flexibility index (Phi) is 6.14. The molecule has 0 amide bonds. The molecule has 2 aromatic heterocycles. The van der Waals surface area contributed by atoms with Crippen molar-refractivity contribution in [1.29, 1.82) is 0 Å². The van der Waals surface area contributed by atoms with Gasteiger partial charge in [0, 0.05) is 42.4 Å². The van der Waals surface area contributed by atoms with Crippen molar-refractivity contribution in [3.8, 4) is 22.8 Å². The van der Waals surface area contributed by atoms with Gasteiger partial charge in [-0.05, 0) is 69.3 Å². The van der Waals surface area contributed by atoms with Gasteiger partial charge in [0.15, 0.2) is 5.78 Å². The molecule has 0 unspecified atom stereocenters. The van der Waals surface area contributed by atoms with Crippen molar-refractivity contribution in [2.24, 2.45) is 0 Å². The molecule has 1 N–H and O–H groups in total. The maximum absolute atomic E-state index is 13.3. The van der Waals surface area contributed by atoms with Gasteiger partial charge in [-0.2, -0.15) is 15.3 Å². The number of carbonyl (C=O) groups is 1. The highest BCUT2D eigenvalue weighted by Gasteiger charge is 2.42. The highest BCUT2D eigenvalue weighted by atomic mass is 16.5. The summed E-state index contributed by atoms with van der Waals surface area (Å²) in [6.07, 6.45) is 3.77. The van der Waals surface area contributed by atoms with Crippen LogP contribution in [0.3, 0.4) is 0 Å². The lowest BCUT2D eigenvalue weighted by molar-refractivity contribution is -0.00779. The summed E-state index contributed by atoms with van der Waals surface area (Å²) in [7, 11) is 0. The zero-order valence-electron chi connectivity index (χ0n) is 22.4. The Labute approximate surface area is 222 Å². The first-order valence-corrected chi connectivity index (χ1v) is 13.4. The molecule has 2 aliphatic heterocycles. The Morgan fingerprint density at radius 3 is 2.74 bits per heavy atom. The summed E-state index contributed by atoms with van der Waals surface area (Å²) in [6.45, 7) is 11.1. The van der Waals surface area contributed by atoms with E-state index in [0.717, 1.165) is 77.2 Å². The minimum absolute atomic E-state index is 0.146. The number of fused-ring (bicyclic) bond motifs is 2. The van der Waals surface area contributed by atoms with Gasteiger partial charge >= 0.3 is 0 Å². The van der Waals surface area contributed by atoms with E-state index in [-0.39, 0.29) is 17.5 Å². The number of aromatic nitrogens is 4. The molecule has 2 aliphatic rings. The molecule has 0 saturated carbocycles. The van der Waals surface area contributed by atoms with E-state index in [2.05, 4.69) is 32.2 Å². The number of nitrogens with one attached hydrogen (secondary N) is 1. The average Bonchev–Trinajstić information content (AvgIpc) is 3.32. The van der Waals surface area contributed by atoms with E-state index in [0.29, 0.717) is 17.7 Å². The van der Waals surface area contributed by atoms with E-state index < -0.39 is 0 Å². The molecule has 8 nitrogen and oxygen atoms in total. The number of aromatic amines is 1. The fourth-order valence-corrected chi connectivity index (χ4v) is 5.97. The lowest BCUT2D eigenvalue weighted by Gasteiger charge is -2.43. The maximum Gasteiger partial charge on any atom is 0.170 e. The zero-order valence-corrected chi connectivity index (χ0v) is 22.4. The van der Waals surface area contributed by atoms with Gasteiger partial charge in [0.05, 0.1) is 29.4 Å². The monoisotopic (exact) mass is 511 g/mol. The summed E-state index contributed by atoms with van der Waals surface area (Å²) in [5.41, 5.74) is 5.77. The molecule has 4 heterocycles. The smallest absolute Gasteiger partial charge is 0.170 e. The third kappa shape index (κ3) is 4.32. The Bertz CT molecular complexity index is 1500. The van der Waals surface area contributed by atoms with Crippen molar-refractivity contribution >= 4 is 16.7 Å². The van der Waals surface area contributed by atoms with Crippen molar-refractivity contribution in [3.63, 3.8) is 0 Å². The summed E-state index contributed by atoms with van der Waals surface area (Å²) in [5, 5.41) is 16.9. The summed E-state index contributed by atoms with van der Waals surface area (Å²) in [6, 6.07) is 11.8. The topological polar surface area (TPSA) is 93.2 Å². The SMILES string of the molecule is CCN1CCC2(CC1)CC(=O)c1cc(-c3n[nH]c4ccc(O[C@H](C)c5c(C)cnnc5C)cc34)ccc1O2. The van der Waals surface area contributed by atoms with Crippen molar-refractivity contribution in [1.82, 2.24) is 25.3 Å². The van der Waals surface area contributed by atoms with Crippen molar-refractivity contribution in [2.45, 2.75) is 58.7 Å². The van der Waals surface area contributed by atoms with Crippen LogP contribution in [-0.4, -0.2) is 56.3 Å². The van der Waals surface area contributed by atoms with Gasteiger partial charge in [0.1, 0.15) is 28.9 Å². The van der Waals surface area contributed by atoms with Gasteiger partial charge in [0.25, 0.3) is 0 Å². The number of aryl methyl sites for hydroxylation is 2. The molecule has 0 bridgehead atoms. The van der Waals surface area contributed by atoms with Crippen molar-refractivity contribution < 1.29 is 14.3 Å². The number of H-pyrrole nitrogens is 1. The minimum atomic E-state index is -0.375. The number of carbonyl (C=O) groups excluding carboxylic acids is 1. The molecule has 38 heavy (non-hydrogen) atoms. The van der Waals surface area contributed by atoms with Crippen LogP contribution < -0.4 is 9.47 Å². The number of likely N-dealkylation sites (tertiary alicyclic amines) is 1. The molecule has 8 heteroatoms. The van der Waals surface area contributed by atoms with Crippen LogP contribution in [0.5, 0.6) is 11.5 Å². The molecule has 4 aromatic rings. The largest absolute Gasteiger partial charge is 0.486 e. The van der Waals surface area contributed by atoms with E-state index in [1.165, 1.54) is 0 Å². The molecule has 6 rings (SSSR count). The number of rotatable bonds is 5. The van der Waals surface area contributed by atoms with Gasteiger partial charge in [-0.15, -0.1) is 0 Å². The van der Waals surface area contributed by atoms with Crippen LogP contribution in [0.25, 0.3) is 22.2 Å². The second kappa shape index (κ2) is 9.51. The van der Waals surface area contributed by atoms with Gasteiger partial charge in [-0.25, -0.2) is 0 Å². The first-order chi connectivity index (χ1) is 18.4. The Morgan fingerprint density at radius 2 is 1.97 bits per heavy atom. The summed E-state index contributed by atoms with van der Waals surface area (Å²) < 4.78 is 12.8. The van der Waals surface area contributed by atoms with Crippen LogP contribution in [-0.2, 0) is 0 Å². The van der Waals surface area contributed by atoms with E-state index in [1.807, 2.05) is 57.2 Å². The predicted octanol–water partition coefficient (Wildman–Crippen LogP) is 5.60. The molecule has 0 radical (unpaired) electrons. The van der Waals surface area contributed by atoms with Crippen LogP contribution in [0.15, 0.2) is 42.6 Å². The molecular weight excluding hydrogens is 478 g/mol. The number of Topliss-reactive ketones (excluding diaryl/α,β-unsaturated/α-hetero) is 1. The lowest BCUT2D eigenvalue weighted by atomic mass is 9.82. The van der Waals surface area contributed by atoms with Crippen LogP contribution in [0.2, 0.25) is 0 Å². The number of ketones is 1. The van der Waals surface area contributed by atoms with Gasteiger partial charge < -0.3 is 14.4 Å². The highest BCUT2D eigenvalue weighted by Crippen LogP contribution is 2.41. The Hall–Kier alpha value is -3.78. The molecule has 0 aliphatic carbocycles. The van der Waals surface area contributed by atoms with Crippen molar-refractivity contribution in [3.05, 3.63) is 65.0 Å². The third-order valence-corrected chi connectivity index (χ3v) is 8.10. The molecule has 1 saturated heterocycles. The number of piperidine rings is 1. The van der Waals surface area contributed by atoms with E-state index in [1.54, 1.807) is 6.20 Å². The predicted molar refractivity (Wildman–Crippen MR) is 146 cm³/mol. The van der Waals surface area contributed by atoms with Crippen LogP contribution in [0.1, 0.15) is 66.4 Å². The first kappa shape index (κ1) is 24.6. The molecular formula is C30H33N5O3. The number of benzene rings is 2. The van der Waals surface area contributed by atoms with Crippen LogP contribution >= 0.6 is 0 Å². The third-order valence-electron chi connectivity index (χ3n) is 8.10. The quantitative estimate of drug-likeness (QED) is 0.373. The Balaban J connectivity index is 1.28. The molecule has 1 atom stereocenters. The summed E-state index contributed by atoms with van der Waals surface area (Å²) in [4.78, 5) is 15.7. The number of nitrogens with zero attached hydrogens (tertiary/aromatic N) is 4. The summed E-state index contributed by atoms with van der Waals surface area (Å²) >= 11 is 0. The average molecular weight is 512 g/mol. The second-order valence-electron chi connectivity index (χ2n) is 10.6. The molecule has 196 valence electrons. The van der Waals surface area contributed by atoms with Crippen LogP contribution in [0.4, 0.5) is 0 Å². The fraction of sp³-hybridized carbons (Fsp3) is 0.400. The van der Waals surface area contributed by atoms with E-state index >= 15 is 0 Å². The van der Waals surface area contributed by atoms with E-state index in [4.69, 9.17) is 9.47 Å². The van der Waals surface area contributed by atoms with Gasteiger partial charge in [-0.1, -0.05) is 6.92 Å². The standard InChI is InChI=1S/C30H33N5O3/c1-5-35-12-10-30(11-13-35)16-26(36)24-14-21(6-9-27(24)38-30)29-23-15-22(7-8-25(23)33-34-29)37-20(4)28-18(2)17-31-32-19(28)3/h6-9,14-15,17,20H,5,10-13,16H2,1-4H3,(H,33,34)/t20-/m1/s1. The van der Waals surface area contributed by atoms with E-state index in [9.17, 15) is 4.79 Å². The second-order valence-corrected chi connectivity index (χ2v) is 10.6. The molecule has 2 aromatic carbocycles. The summed E-state index contributed by atoms with van der Waals surface area (Å²) in [5.74, 6) is 1.57. The number of ether oxygens (including phenoxy) is 2. The minimum Gasteiger partial charge on any atom is -0.486 e. The first-order valence-electron chi connectivity index (χ1n) is 13.4. The number of hydrogen-bond donors (Lipinski definition) is 1. The number of hydrogen-bond acceptors (Lipinski definition) is 7. The zero-order chi connectivity index (χ0) is 26.4. The maximum atomic E-state index is 13.3. The molecule has 1 spiro atoms. The fourth-order valence-electron chi connectivity index (χ4n) is 5.97. The van der Waals surface area contributed by atoms with Gasteiger partial charge in [0.2, 0.25) is 0 Å². The normalized spacial score (nSPS) is 17.8. The highest BCUT2D eigenvalue weighted by molar-refractivity contribution is 6.02. The Morgan fingerprint density at radius 1 is 1.16 bits per heavy atom. The molecule has 1 fully saturated rings. The lowest BCUT2D eigenvalue weighted by Crippen LogP contribution is -2.50. The van der Waals surface area contributed by atoms with Gasteiger partial charge in [-0.3, -0.25) is 9.89 Å². The van der Waals surface area contributed by atoms with Crippen LogP contribution in [0, 0.1) is 13.8 Å².